The minimum Gasteiger partial charge on any atom is -0.312 e. The molecule has 0 atom stereocenters. The number of allylic oxidation sites excluding steroid dienone is 1. The second-order valence-electron chi connectivity index (χ2n) is 5.82. The van der Waals surface area contributed by atoms with Gasteiger partial charge in [-0.25, -0.2) is 0 Å². The van der Waals surface area contributed by atoms with E-state index in [4.69, 9.17) is 5.26 Å². The van der Waals surface area contributed by atoms with Crippen LogP contribution in [0.1, 0.15) is 27.0 Å². The van der Waals surface area contributed by atoms with Crippen molar-refractivity contribution in [1.29, 1.82) is 5.26 Å². The van der Waals surface area contributed by atoms with Crippen molar-refractivity contribution in [1.82, 2.24) is 4.57 Å². The Morgan fingerprint density at radius 3 is 2.68 bits per heavy atom. The van der Waals surface area contributed by atoms with E-state index in [-0.39, 0.29) is 5.91 Å². The van der Waals surface area contributed by atoms with Crippen LogP contribution in [0.4, 0.5) is 0 Å². The third-order valence-corrected chi connectivity index (χ3v) is 5.11. The highest BCUT2D eigenvalue weighted by Crippen LogP contribution is 2.23. The summed E-state index contributed by atoms with van der Waals surface area (Å²) in [5.41, 5.74) is 4.39. The highest BCUT2D eigenvalue weighted by atomic mass is 32.1. The van der Waals surface area contributed by atoms with Crippen LogP contribution < -0.4 is 4.80 Å². The van der Waals surface area contributed by atoms with Gasteiger partial charge in [0.2, 0.25) is 0 Å². The maximum Gasteiger partial charge on any atom is 0.279 e. The summed E-state index contributed by atoms with van der Waals surface area (Å²) in [6.45, 7) is 8.52. The second kappa shape index (κ2) is 6.88. The van der Waals surface area contributed by atoms with Gasteiger partial charge in [-0.15, -0.1) is 6.58 Å². The van der Waals surface area contributed by atoms with E-state index in [2.05, 4.69) is 37.6 Å². The lowest BCUT2D eigenvalue weighted by Gasteiger charge is -2.03. The molecule has 4 nitrogen and oxygen atoms in total. The van der Waals surface area contributed by atoms with Crippen LogP contribution >= 0.6 is 11.3 Å². The average Bonchev–Trinajstić information content (AvgIpc) is 2.93. The Balaban J connectivity index is 2.16. The van der Waals surface area contributed by atoms with Crippen molar-refractivity contribution in [3.63, 3.8) is 0 Å². The lowest BCUT2D eigenvalue weighted by atomic mass is 10.1. The maximum atomic E-state index is 12.5. The van der Waals surface area contributed by atoms with E-state index in [9.17, 15) is 4.79 Å². The fourth-order valence-electron chi connectivity index (χ4n) is 2.74. The Bertz CT molecular complexity index is 1080. The summed E-state index contributed by atoms with van der Waals surface area (Å²) in [5, 5.41) is 8.86. The first kappa shape index (κ1) is 16.9. The van der Waals surface area contributed by atoms with Crippen LogP contribution in [0.25, 0.3) is 10.2 Å². The van der Waals surface area contributed by atoms with Crippen molar-refractivity contribution < 1.29 is 4.79 Å². The quantitative estimate of drug-likeness (QED) is 0.669. The molecule has 0 saturated heterocycles. The topological polar surface area (TPSA) is 58.1 Å². The molecule has 5 heteroatoms. The number of hydrogen-bond acceptors (Lipinski definition) is 3. The predicted molar refractivity (Wildman–Crippen MR) is 101 cm³/mol. The van der Waals surface area contributed by atoms with Crippen molar-refractivity contribution in [3.05, 3.63) is 76.1 Å². The van der Waals surface area contributed by atoms with Crippen LogP contribution in [-0.2, 0) is 6.54 Å². The summed E-state index contributed by atoms with van der Waals surface area (Å²) < 4.78 is 3.13. The number of hydrogen-bond donors (Lipinski definition) is 0. The Labute approximate surface area is 150 Å². The molecule has 1 aromatic heterocycles. The first-order chi connectivity index (χ1) is 12.0. The van der Waals surface area contributed by atoms with Gasteiger partial charge in [0.15, 0.2) is 4.80 Å². The monoisotopic (exact) mass is 347 g/mol. The van der Waals surface area contributed by atoms with Crippen LogP contribution in [0.3, 0.4) is 0 Å². The molecule has 0 fully saturated rings. The number of rotatable bonds is 3. The lowest BCUT2D eigenvalue weighted by molar-refractivity contribution is 0.0998. The number of benzene rings is 2. The van der Waals surface area contributed by atoms with E-state index in [1.54, 1.807) is 30.3 Å². The summed E-state index contributed by atoms with van der Waals surface area (Å²) in [6.07, 6.45) is 1.80. The minimum atomic E-state index is -0.316. The minimum absolute atomic E-state index is 0.316. The van der Waals surface area contributed by atoms with Gasteiger partial charge in [-0.1, -0.05) is 23.5 Å². The van der Waals surface area contributed by atoms with Crippen LogP contribution in [0.5, 0.6) is 0 Å². The number of nitrogens with zero attached hydrogens (tertiary/aromatic N) is 3. The Morgan fingerprint density at radius 2 is 2.04 bits per heavy atom. The number of carbonyl (C=O) groups excluding carboxylic acids is 1. The van der Waals surface area contributed by atoms with E-state index >= 15 is 0 Å². The lowest BCUT2D eigenvalue weighted by Crippen LogP contribution is -2.16. The molecular formula is C20H17N3OS. The first-order valence-electron chi connectivity index (χ1n) is 7.84. The molecule has 0 radical (unpaired) electrons. The van der Waals surface area contributed by atoms with E-state index in [1.807, 2.05) is 10.6 Å². The van der Waals surface area contributed by atoms with Gasteiger partial charge in [-0.2, -0.15) is 10.3 Å². The standard InChI is InChI=1S/C20H17N3OS/c1-4-9-23-17-11-13(2)10-14(3)18(17)25-20(23)22-19(24)16-7-5-15(12-21)6-8-16/h4-8,10-11H,1,9H2,2-3H3. The van der Waals surface area contributed by atoms with Crippen LogP contribution in [0.2, 0.25) is 0 Å². The second-order valence-corrected chi connectivity index (χ2v) is 6.80. The number of amides is 1. The van der Waals surface area contributed by atoms with Crippen molar-refractivity contribution in [2.45, 2.75) is 20.4 Å². The number of aromatic nitrogens is 1. The van der Waals surface area contributed by atoms with E-state index in [0.717, 1.165) is 10.2 Å². The van der Waals surface area contributed by atoms with Gasteiger partial charge in [-0.3, -0.25) is 4.79 Å². The van der Waals surface area contributed by atoms with E-state index in [0.29, 0.717) is 22.5 Å². The Morgan fingerprint density at radius 1 is 1.32 bits per heavy atom. The fourth-order valence-corrected chi connectivity index (χ4v) is 3.83. The number of aryl methyl sites for hydroxylation is 2. The average molecular weight is 347 g/mol. The van der Waals surface area contributed by atoms with Gasteiger partial charge in [0, 0.05) is 12.1 Å². The molecule has 1 amide bonds. The smallest absolute Gasteiger partial charge is 0.279 e. The molecule has 0 N–H and O–H groups in total. The Kier molecular flexibility index (Phi) is 4.64. The zero-order chi connectivity index (χ0) is 18.0. The van der Waals surface area contributed by atoms with E-state index in [1.165, 1.54) is 22.5 Å². The summed E-state index contributed by atoms with van der Waals surface area (Å²) in [6, 6.07) is 12.8. The number of nitriles is 1. The molecule has 0 bridgehead atoms. The number of fused-ring (bicyclic) bond motifs is 1. The summed E-state index contributed by atoms with van der Waals surface area (Å²) in [5.74, 6) is -0.316. The zero-order valence-corrected chi connectivity index (χ0v) is 14.9. The maximum absolute atomic E-state index is 12.5. The highest BCUT2D eigenvalue weighted by molar-refractivity contribution is 7.16. The van der Waals surface area contributed by atoms with Crippen molar-refractivity contribution in [2.24, 2.45) is 4.99 Å². The largest absolute Gasteiger partial charge is 0.312 e. The highest BCUT2D eigenvalue weighted by Gasteiger charge is 2.11. The van der Waals surface area contributed by atoms with Crippen LogP contribution in [0, 0.1) is 25.2 Å². The molecule has 0 spiro atoms. The van der Waals surface area contributed by atoms with Crippen LogP contribution in [0.15, 0.2) is 54.0 Å². The third kappa shape index (κ3) is 3.30. The SMILES string of the molecule is C=CCn1c(=NC(=O)c2ccc(C#N)cc2)sc2c(C)cc(C)cc21. The molecular weight excluding hydrogens is 330 g/mol. The van der Waals surface area contributed by atoms with Gasteiger partial charge < -0.3 is 4.57 Å². The Hall–Kier alpha value is -2.97. The molecule has 0 saturated carbocycles. The molecule has 3 rings (SSSR count). The van der Waals surface area contributed by atoms with Crippen LogP contribution in [-0.4, -0.2) is 10.5 Å². The summed E-state index contributed by atoms with van der Waals surface area (Å²) in [7, 11) is 0. The molecule has 1 heterocycles. The van der Waals surface area contributed by atoms with Gasteiger partial charge in [0.25, 0.3) is 5.91 Å². The number of carbonyl (C=O) groups is 1. The molecule has 0 aliphatic rings. The van der Waals surface area contributed by atoms with Gasteiger partial charge in [0.05, 0.1) is 21.8 Å². The molecule has 2 aromatic carbocycles. The molecule has 124 valence electrons. The molecule has 0 unspecified atom stereocenters. The van der Waals surface area contributed by atoms with Crippen molar-refractivity contribution in [2.75, 3.05) is 0 Å². The third-order valence-electron chi connectivity index (χ3n) is 3.88. The predicted octanol–water partition coefficient (Wildman–Crippen LogP) is 4.12. The summed E-state index contributed by atoms with van der Waals surface area (Å²) >= 11 is 1.51. The molecule has 0 aliphatic carbocycles. The van der Waals surface area contributed by atoms with Crippen molar-refractivity contribution in [3.8, 4) is 6.07 Å². The van der Waals surface area contributed by atoms with Gasteiger partial charge >= 0.3 is 0 Å². The van der Waals surface area contributed by atoms with Crippen molar-refractivity contribution >= 4 is 27.5 Å². The fraction of sp³-hybridized carbons (Fsp3) is 0.150. The first-order valence-corrected chi connectivity index (χ1v) is 8.66. The zero-order valence-electron chi connectivity index (χ0n) is 14.1. The normalized spacial score (nSPS) is 11.5. The molecule has 3 aromatic rings. The summed E-state index contributed by atoms with van der Waals surface area (Å²) in [4.78, 5) is 17.5. The molecule has 0 aliphatic heterocycles. The number of thiazole rings is 1. The van der Waals surface area contributed by atoms with Gasteiger partial charge in [0.1, 0.15) is 0 Å². The van der Waals surface area contributed by atoms with E-state index < -0.39 is 0 Å². The molecule has 25 heavy (non-hydrogen) atoms. The van der Waals surface area contributed by atoms with Gasteiger partial charge in [-0.05, 0) is 55.3 Å².